The topological polar surface area (TPSA) is 83.6 Å². The number of methoxy groups -OCH3 is 2. The van der Waals surface area contributed by atoms with Crippen LogP contribution in [-0.4, -0.2) is 36.9 Å². The summed E-state index contributed by atoms with van der Waals surface area (Å²) in [7, 11) is 3.14. The Labute approximate surface area is 218 Å². The Kier molecular flexibility index (Phi) is 7.78. The largest absolute Gasteiger partial charge is 0.507 e. The molecule has 0 bridgehead atoms. The van der Waals surface area contributed by atoms with Gasteiger partial charge in [-0.05, 0) is 71.8 Å². The standard InChI is InChI=1S/C28H22Cl2N2O4/c1-35-27-13-17(3-7-23(27)31-15-19-11-21(29)5-9-25(19)33)18-4-8-24(28(14-18)36-2)32-16-20-12-22(30)6-10-26(20)34/h3-16,33-34H,1-2H3. The van der Waals surface area contributed by atoms with Crippen molar-refractivity contribution in [3.63, 3.8) is 0 Å². The smallest absolute Gasteiger partial charge is 0.145 e. The third-order valence-corrected chi connectivity index (χ3v) is 5.83. The van der Waals surface area contributed by atoms with Crippen LogP contribution in [0.3, 0.4) is 0 Å². The summed E-state index contributed by atoms with van der Waals surface area (Å²) in [6.45, 7) is 0. The van der Waals surface area contributed by atoms with Crippen LogP contribution in [-0.2, 0) is 0 Å². The van der Waals surface area contributed by atoms with Gasteiger partial charge in [0, 0.05) is 33.6 Å². The molecule has 0 atom stereocenters. The number of aromatic hydroxyl groups is 2. The van der Waals surface area contributed by atoms with Crippen LogP contribution in [0.4, 0.5) is 11.4 Å². The fraction of sp³-hybridized carbons (Fsp3) is 0.0714. The third kappa shape index (κ3) is 5.79. The molecule has 4 aromatic carbocycles. The second-order valence-corrected chi connectivity index (χ2v) is 8.57. The molecule has 182 valence electrons. The quantitative estimate of drug-likeness (QED) is 0.246. The Morgan fingerprint density at radius 3 is 1.42 bits per heavy atom. The SMILES string of the molecule is COc1cc(-c2ccc(N=Cc3cc(Cl)ccc3O)c(OC)c2)ccc1N=Cc1cc(Cl)ccc1O. The van der Waals surface area contributed by atoms with E-state index in [9.17, 15) is 10.2 Å². The summed E-state index contributed by atoms with van der Waals surface area (Å²) >= 11 is 12.0. The van der Waals surface area contributed by atoms with Crippen molar-refractivity contribution in [2.75, 3.05) is 14.2 Å². The fourth-order valence-corrected chi connectivity index (χ4v) is 3.82. The second kappa shape index (κ2) is 11.2. The maximum absolute atomic E-state index is 10.0. The Bertz CT molecular complexity index is 1360. The van der Waals surface area contributed by atoms with Crippen molar-refractivity contribution in [2.45, 2.75) is 0 Å². The maximum Gasteiger partial charge on any atom is 0.145 e. The van der Waals surface area contributed by atoms with Crippen LogP contribution < -0.4 is 9.47 Å². The van der Waals surface area contributed by atoms with Crippen LogP contribution in [0.15, 0.2) is 82.8 Å². The summed E-state index contributed by atoms with van der Waals surface area (Å²) in [5, 5.41) is 21.0. The summed E-state index contributed by atoms with van der Waals surface area (Å²) < 4.78 is 11.1. The van der Waals surface area contributed by atoms with Gasteiger partial charge in [-0.15, -0.1) is 0 Å². The van der Waals surface area contributed by atoms with Crippen molar-refractivity contribution in [2.24, 2.45) is 9.98 Å². The number of phenols is 2. The highest BCUT2D eigenvalue weighted by molar-refractivity contribution is 6.31. The number of ether oxygens (including phenoxy) is 2. The molecule has 0 amide bonds. The van der Waals surface area contributed by atoms with E-state index in [0.29, 0.717) is 44.0 Å². The molecule has 4 aromatic rings. The van der Waals surface area contributed by atoms with Crippen molar-refractivity contribution in [3.8, 4) is 34.1 Å². The van der Waals surface area contributed by atoms with Gasteiger partial charge in [0.1, 0.15) is 34.4 Å². The van der Waals surface area contributed by atoms with Gasteiger partial charge in [0.25, 0.3) is 0 Å². The number of hydrogen-bond donors (Lipinski definition) is 2. The van der Waals surface area contributed by atoms with E-state index in [0.717, 1.165) is 11.1 Å². The minimum atomic E-state index is 0.0826. The number of rotatable bonds is 7. The number of phenolic OH excluding ortho intramolecular Hbond substituents is 2. The van der Waals surface area contributed by atoms with Gasteiger partial charge in [0.2, 0.25) is 0 Å². The van der Waals surface area contributed by atoms with Crippen LogP contribution in [0, 0.1) is 0 Å². The minimum absolute atomic E-state index is 0.0826. The lowest BCUT2D eigenvalue weighted by Crippen LogP contribution is -1.89. The lowest BCUT2D eigenvalue weighted by Gasteiger charge is -2.11. The zero-order valence-electron chi connectivity index (χ0n) is 19.4. The lowest BCUT2D eigenvalue weighted by molar-refractivity contribution is 0.415. The summed E-state index contributed by atoms with van der Waals surface area (Å²) in [5.41, 5.74) is 3.96. The zero-order chi connectivity index (χ0) is 25.7. The molecular weight excluding hydrogens is 499 g/mol. The molecule has 0 aliphatic heterocycles. The van der Waals surface area contributed by atoms with Gasteiger partial charge in [0.15, 0.2) is 0 Å². The maximum atomic E-state index is 10.0. The van der Waals surface area contributed by atoms with Crippen LogP contribution in [0.1, 0.15) is 11.1 Å². The summed E-state index contributed by atoms with van der Waals surface area (Å²) in [6.07, 6.45) is 3.07. The van der Waals surface area contributed by atoms with Crippen LogP contribution in [0.5, 0.6) is 23.0 Å². The van der Waals surface area contributed by atoms with E-state index in [1.165, 1.54) is 24.6 Å². The van der Waals surface area contributed by atoms with Crippen LogP contribution in [0.2, 0.25) is 10.0 Å². The molecule has 0 heterocycles. The number of halogens is 2. The molecule has 0 aliphatic rings. The van der Waals surface area contributed by atoms with Gasteiger partial charge in [-0.3, -0.25) is 9.98 Å². The van der Waals surface area contributed by atoms with E-state index in [1.807, 2.05) is 36.4 Å². The first kappa shape index (κ1) is 25.1. The predicted octanol–water partition coefficient (Wildman–Crippen LogP) is 7.59. The Balaban J connectivity index is 1.62. The van der Waals surface area contributed by atoms with Crippen molar-refractivity contribution in [3.05, 3.63) is 94.0 Å². The molecule has 0 unspecified atom stereocenters. The number of hydrogen-bond acceptors (Lipinski definition) is 6. The molecule has 8 heteroatoms. The number of nitrogens with zero attached hydrogens (tertiary/aromatic N) is 2. The molecule has 0 spiro atoms. The highest BCUT2D eigenvalue weighted by Gasteiger charge is 2.10. The highest BCUT2D eigenvalue weighted by atomic mass is 35.5. The van der Waals surface area contributed by atoms with Gasteiger partial charge in [0.05, 0.1) is 14.2 Å². The summed E-state index contributed by atoms with van der Waals surface area (Å²) in [4.78, 5) is 8.91. The molecule has 0 radical (unpaired) electrons. The minimum Gasteiger partial charge on any atom is -0.507 e. The monoisotopic (exact) mass is 520 g/mol. The van der Waals surface area contributed by atoms with Gasteiger partial charge in [-0.2, -0.15) is 0 Å². The van der Waals surface area contributed by atoms with Crippen molar-refractivity contribution < 1.29 is 19.7 Å². The number of aliphatic imine (C=N–C) groups is 2. The van der Waals surface area contributed by atoms with Gasteiger partial charge in [-0.1, -0.05) is 35.3 Å². The Morgan fingerprint density at radius 1 is 0.611 bits per heavy atom. The van der Waals surface area contributed by atoms with Crippen molar-refractivity contribution >= 4 is 47.0 Å². The lowest BCUT2D eigenvalue weighted by atomic mass is 10.0. The van der Waals surface area contributed by atoms with E-state index in [1.54, 1.807) is 38.5 Å². The zero-order valence-corrected chi connectivity index (χ0v) is 21.0. The average Bonchev–Trinajstić information content (AvgIpc) is 2.89. The summed E-state index contributed by atoms with van der Waals surface area (Å²) in [6, 6.07) is 20.7. The molecule has 4 rings (SSSR count). The molecule has 0 saturated carbocycles. The molecule has 2 N–H and O–H groups in total. The first-order chi connectivity index (χ1) is 17.4. The van der Waals surface area contributed by atoms with Crippen molar-refractivity contribution in [1.82, 2.24) is 0 Å². The van der Waals surface area contributed by atoms with Gasteiger partial charge < -0.3 is 19.7 Å². The molecular formula is C28H22Cl2N2O4. The van der Waals surface area contributed by atoms with Crippen molar-refractivity contribution in [1.29, 1.82) is 0 Å². The first-order valence-corrected chi connectivity index (χ1v) is 11.5. The van der Waals surface area contributed by atoms with Gasteiger partial charge >= 0.3 is 0 Å². The van der Waals surface area contributed by atoms with E-state index in [-0.39, 0.29) is 11.5 Å². The molecule has 0 aromatic heterocycles. The average molecular weight is 521 g/mol. The Hall–Kier alpha value is -4.00. The van der Waals surface area contributed by atoms with Gasteiger partial charge in [-0.25, -0.2) is 0 Å². The molecule has 0 aliphatic carbocycles. The fourth-order valence-electron chi connectivity index (χ4n) is 3.46. The molecule has 0 saturated heterocycles. The summed E-state index contributed by atoms with van der Waals surface area (Å²) in [5.74, 6) is 1.28. The normalized spacial score (nSPS) is 11.3. The van der Waals surface area contributed by atoms with Crippen LogP contribution >= 0.6 is 23.2 Å². The molecule has 6 nitrogen and oxygen atoms in total. The van der Waals surface area contributed by atoms with E-state index in [2.05, 4.69) is 9.98 Å². The predicted molar refractivity (Wildman–Crippen MR) is 146 cm³/mol. The van der Waals surface area contributed by atoms with E-state index in [4.69, 9.17) is 32.7 Å². The van der Waals surface area contributed by atoms with Crippen LogP contribution in [0.25, 0.3) is 11.1 Å². The molecule has 0 fully saturated rings. The Morgan fingerprint density at radius 2 is 1.03 bits per heavy atom. The van der Waals surface area contributed by atoms with E-state index >= 15 is 0 Å². The van der Waals surface area contributed by atoms with E-state index < -0.39 is 0 Å². The highest BCUT2D eigenvalue weighted by Crippen LogP contribution is 2.37. The second-order valence-electron chi connectivity index (χ2n) is 7.70. The third-order valence-electron chi connectivity index (χ3n) is 5.36. The number of benzene rings is 4. The molecule has 36 heavy (non-hydrogen) atoms. The first-order valence-electron chi connectivity index (χ1n) is 10.8.